The summed E-state index contributed by atoms with van der Waals surface area (Å²) < 4.78 is 39.8. The Kier molecular flexibility index (Phi) is 4.88. The van der Waals surface area contributed by atoms with Crippen LogP contribution in [0.2, 0.25) is 0 Å². The Morgan fingerprint density at radius 1 is 0.852 bits per heavy atom. The van der Waals surface area contributed by atoms with Gasteiger partial charge >= 0.3 is 6.18 Å². The predicted octanol–water partition coefficient (Wildman–Crippen LogP) is 3.68. The van der Waals surface area contributed by atoms with E-state index in [0.717, 1.165) is 22.6 Å². The monoisotopic (exact) mass is 374 g/mol. The van der Waals surface area contributed by atoms with Crippen LogP contribution < -0.4 is 0 Å². The van der Waals surface area contributed by atoms with Crippen molar-refractivity contribution in [3.63, 3.8) is 0 Å². The van der Waals surface area contributed by atoms with E-state index in [0.29, 0.717) is 32.7 Å². The van der Waals surface area contributed by atoms with Gasteiger partial charge in [0.2, 0.25) is 0 Å². The molecule has 4 rings (SSSR count). The summed E-state index contributed by atoms with van der Waals surface area (Å²) in [5.41, 5.74) is 3.93. The summed E-state index contributed by atoms with van der Waals surface area (Å²) in [5, 5.41) is 0. The third-order valence-electron chi connectivity index (χ3n) is 4.92. The first-order valence-corrected chi connectivity index (χ1v) is 9.02. The van der Waals surface area contributed by atoms with Gasteiger partial charge in [-0.2, -0.15) is 13.2 Å². The maximum atomic E-state index is 12.6. The number of benzene rings is 1. The van der Waals surface area contributed by atoms with Gasteiger partial charge in [-0.1, -0.05) is 36.4 Å². The maximum absolute atomic E-state index is 12.6. The Hall–Kier alpha value is -2.38. The van der Waals surface area contributed by atoms with Crippen LogP contribution >= 0.6 is 0 Å². The second-order valence-electron chi connectivity index (χ2n) is 6.87. The number of nitrogens with zero attached hydrogens (tertiary/aromatic N) is 4. The number of aromatic nitrogens is 2. The van der Waals surface area contributed by atoms with Gasteiger partial charge in [-0.25, -0.2) is 4.98 Å². The molecule has 0 spiro atoms. The lowest BCUT2D eigenvalue weighted by Crippen LogP contribution is -2.48. The van der Waals surface area contributed by atoms with E-state index in [9.17, 15) is 13.2 Å². The first-order valence-electron chi connectivity index (χ1n) is 9.02. The number of halogens is 3. The van der Waals surface area contributed by atoms with E-state index >= 15 is 0 Å². The summed E-state index contributed by atoms with van der Waals surface area (Å²) in [6, 6.07) is 15.9. The van der Waals surface area contributed by atoms with Gasteiger partial charge in [0.25, 0.3) is 0 Å². The maximum Gasteiger partial charge on any atom is 0.401 e. The number of hydrogen-bond acceptors (Lipinski definition) is 3. The van der Waals surface area contributed by atoms with Gasteiger partial charge in [-0.05, 0) is 12.1 Å². The van der Waals surface area contributed by atoms with Crippen molar-refractivity contribution in [2.24, 2.45) is 0 Å². The van der Waals surface area contributed by atoms with Crippen molar-refractivity contribution < 1.29 is 13.2 Å². The number of hydrogen-bond donors (Lipinski definition) is 0. The van der Waals surface area contributed by atoms with Crippen molar-refractivity contribution >= 4 is 5.65 Å². The number of imidazole rings is 1. The van der Waals surface area contributed by atoms with Crippen LogP contribution in [0.1, 0.15) is 5.69 Å². The fourth-order valence-corrected chi connectivity index (χ4v) is 3.60. The number of piperazine rings is 1. The highest BCUT2D eigenvalue weighted by atomic mass is 19.4. The van der Waals surface area contributed by atoms with Crippen LogP contribution in [0.25, 0.3) is 16.9 Å². The van der Waals surface area contributed by atoms with E-state index in [4.69, 9.17) is 4.98 Å². The molecular formula is C20H21F3N4. The molecule has 1 saturated heterocycles. The molecule has 3 aromatic rings. The van der Waals surface area contributed by atoms with Crippen molar-refractivity contribution in [3.05, 3.63) is 60.4 Å². The van der Waals surface area contributed by atoms with Gasteiger partial charge in [0.15, 0.2) is 0 Å². The fraction of sp³-hybridized carbons (Fsp3) is 0.350. The van der Waals surface area contributed by atoms with Crippen molar-refractivity contribution in [3.8, 4) is 11.3 Å². The average Bonchev–Trinajstić information content (AvgIpc) is 3.01. The largest absolute Gasteiger partial charge is 0.401 e. The third kappa shape index (κ3) is 4.14. The highest BCUT2D eigenvalue weighted by Gasteiger charge is 2.32. The van der Waals surface area contributed by atoms with Crippen LogP contribution in [0.3, 0.4) is 0 Å². The summed E-state index contributed by atoms with van der Waals surface area (Å²) in [4.78, 5) is 8.47. The van der Waals surface area contributed by atoms with Gasteiger partial charge < -0.3 is 4.40 Å². The molecule has 0 unspecified atom stereocenters. The molecule has 142 valence electrons. The Balaban J connectivity index is 1.56. The molecule has 1 aliphatic rings. The molecule has 0 radical (unpaired) electrons. The summed E-state index contributed by atoms with van der Waals surface area (Å²) in [7, 11) is 0. The van der Waals surface area contributed by atoms with E-state index in [1.54, 1.807) is 0 Å². The quantitative estimate of drug-likeness (QED) is 0.696. The summed E-state index contributed by atoms with van der Waals surface area (Å²) in [5.74, 6) is 0. The second kappa shape index (κ2) is 7.32. The minimum absolute atomic E-state index is 0.427. The Labute approximate surface area is 155 Å². The molecule has 3 heterocycles. The van der Waals surface area contributed by atoms with Crippen LogP contribution in [0.4, 0.5) is 13.2 Å². The number of rotatable bonds is 4. The second-order valence-corrected chi connectivity index (χ2v) is 6.87. The molecule has 0 bridgehead atoms. The van der Waals surface area contributed by atoms with Crippen molar-refractivity contribution in [2.75, 3.05) is 32.7 Å². The Bertz CT molecular complexity index is 896. The molecule has 4 nitrogen and oxygen atoms in total. The molecule has 27 heavy (non-hydrogen) atoms. The molecule has 1 aliphatic heterocycles. The lowest BCUT2D eigenvalue weighted by Gasteiger charge is -2.35. The van der Waals surface area contributed by atoms with Crippen molar-refractivity contribution in [1.82, 2.24) is 19.2 Å². The first kappa shape index (κ1) is 18.0. The Morgan fingerprint density at radius 2 is 1.52 bits per heavy atom. The van der Waals surface area contributed by atoms with Crippen molar-refractivity contribution in [2.45, 2.75) is 12.7 Å². The molecule has 1 aromatic carbocycles. The van der Waals surface area contributed by atoms with E-state index in [1.165, 1.54) is 4.90 Å². The number of alkyl halides is 3. The van der Waals surface area contributed by atoms with Crippen LogP contribution in [-0.2, 0) is 6.54 Å². The van der Waals surface area contributed by atoms with Gasteiger partial charge in [0.1, 0.15) is 5.65 Å². The molecule has 0 aliphatic carbocycles. The third-order valence-corrected chi connectivity index (χ3v) is 4.92. The number of fused-ring (bicyclic) bond motifs is 1. The molecule has 0 atom stereocenters. The van der Waals surface area contributed by atoms with Gasteiger partial charge in [-0.15, -0.1) is 0 Å². The van der Waals surface area contributed by atoms with E-state index in [2.05, 4.69) is 9.30 Å². The van der Waals surface area contributed by atoms with E-state index < -0.39 is 12.7 Å². The van der Waals surface area contributed by atoms with Gasteiger partial charge in [-0.3, -0.25) is 9.80 Å². The van der Waals surface area contributed by atoms with Gasteiger partial charge in [0.05, 0.1) is 17.9 Å². The van der Waals surface area contributed by atoms with E-state index in [-0.39, 0.29) is 0 Å². The molecule has 2 aromatic heterocycles. The SMILES string of the molecule is FC(F)(F)CN1CCN(Cc2c(-c3ccccc3)nc3ccccn23)CC1. The standard InChI is InChI=1S/C20H21F3N4/c21-20(22,23)15-26-12-10-25(11-13-26)14-17-19(16-6-2-1-3-7-16)24-18-8-4-5-9-27(17)18/h1-9H,10-15H2. The minimum Gasteiger partial charge on any atom is -0.302 e. The summed E-state index contributed by atoms with van der Waals surface area (Å²) in [6.07, 6.45) is -2.14. The molecule has 1 fully saturated rings. The van der Waals surface area contributed by atoms with Crippen LogP contribution in [0, 0.1) is 0 Å². The van der Waals surface area contributed by atoms with Gasteiger partial charge in [0, 0.05) is 44.5 Å². The summed E-state index contributed by atoms with van der Waals surface area (Å²) in [6.45, 7) is 1.92. The fourth-order valence-electron chi connectivity index (χ4n) is 3.60. The predicted molar refractivity (Wildman–Crippen MR) is 98.4 cm³/mol. The zero-order chi connectivity index (χ0) is 18.9. The highest BCUT2D eigenvalue weighted by molar-refractivity contribution is 5.66. The lowest BCUT2D eigenvalue weighted by molar-refractivity contribution is -0.149. The Morgan fingerprint density at radius 3 is 2.22 bits per heavy atom. The smallest absolute Gasteiger partial charge is 0.302 e. The van der Waals surface area contributed by atoms with Crippen molar-refractivity contribution in [1.29, 1.82) is 0 Å². The van der Waals surface area contributed by atoms with E-state index in [1.807, 2.05) is 54.7 Å². The zero-order valence-corrected chi connectivity index (χ0v) is 14.9. The molecule has 0 amide bonds. The van der Waals surface area contributed by atoms with Crippen LogP contribution in [0.15, 0.2) is 54.7 Å². The van der Waals surface area contributed by atoms with Crippen LogP contribution in [-0.4, -0.2) is 58.1 Å². The molecular weight excluding hydrogens is 353 g/mol. The lowest BCUT2D eigenvalue weighted by atomic mass is 10.1. The average molecular weight is 374 g/mol. The molecule has 7 heteroatoms. The zero-order valence-electron chi connectivity index (χ0n) is 14.9. The highest BCUT2D eigenvalue weighted by Crippen LogP contribution is 2.26. The summed E-state index contributed by atoms with van der Waals surface area (Å²) >= 11 is 0. The molecule has 0 N–H and O–H groups in total. The normalized spacial score (nSPS) is 16.9. The topological polar surface area (TPSA) is 23.8 Å². The van der Waals surface area contributed by atoms with Crippen LogP contribution in [0.5, 0.6) is 0 Å². The first-order chi connectivity index (χ1) is 13.0. The minimum atomic E-state index is -4.13. The molecule has 0 saturated carbocycles. The number of pyridine rings is 1.